The summed E-state index contributed by atoms with van der Waals surface area (Å²) in [7, 11) is -4.59. The van der Waals surface area contributed by atoms with Crippen molar-refractivity contribution in [2.75, 3.05) is 12.3 Å². The SMILES string of the molecule is C[C@H](N[P@](=O)(OCC1OC(n2ccc(N)nc2=O)C(F)(F)C1OC(=O)OC(C)(C)C)Oc1ccccc1)C(=O)OCc1ccccc1. The Bertz CT molecular complexity index is 1640. The lowest BCUT2D eigenvalue weighted by Crippen LogP contribution is -2.45. The zero-order chi connectivity index (χ0) is 34.4. The van der Waals surface area contributed by atoms with Crippen molar-refractivity contribution in [1.29, 1.82) is 0 Å². The minimum absolute atomic E-state index is 0.0461. The molecule has 3 N–H and O–H groups in total. The standard InChI is InChI=1S/C30H35F2N4O10P/c1-19(25(37)41-17-20-11-7-5-8-12-20)35-47(40,46-21-13-9-6-10-14-21)42-18-22-24(44-28(39)45-29(2,3)4)30(31,32)26(43-22)36-16-15-23(33)34-27(36)38/h5-16,19,22,24,26H,17-18H2,1-4H3,(H,35,40)(H2,33,34,38)/t19-,22?,24?,26?,47-/m0/s1. The van der Waals surface area contributed by atoms with Gasteiger partial charge in [0.1, 0.15) is 35.9 Å². The van der Waals surface area contributed by atoms with Crippen LogP contribution in [0.3, 0.4) is 0 Å². The van der Waals surface area contributed by atoms with E-state index in [1.807, 2.05) is 0 Å². The van der Waals surface area contributed by atoms with Gasteiger partial charge in [-0.1, -0.05) is 48.5 Å². The first kappa shape index (κ1) is 35.5. The molecule has 5 atom stereocenters. The van der Waals surface area contributed by atoms with Crippen LogP contribution in [0.15, 0.2) is 77.7 Å². The number of carbonyl (C=O) groups is 2. The third kappa shape index (κ3) is 9.58. The van der Waals surface area contributed by atoms with Crippen LogP contribution >= 0.6 is 7.75 Å². The van der Waals surface area contributed by atoms with Crippen molar-refractivity contribution in [2.45, 2.75) is 70.3 Å². The van der Waals surface area contributed by atoms with E-state index in [0.29, 0.717) is 10.1 Å². The number of benzene rings is 2. The van der Waals surface area contributed by atoms with E-state index in [4.69, 9.17) is 33.7 Å². The highest BCUT2D eigenvalue weighted by atomic mass is 31.2. The summed E-state index contributed by atoms with van der Waals surface area (Å²) in [5.41, 5.74) is 3.92. The van der Waals surface area contributed by atoms with Gasteiger partial charge in [-0.3, -0.25) is 13.9 Å². The molecular weight excluding hydrogens is 645 g/mol. The third-order valence-corrected chi connectivity index (χ3v) is 8.02. The molecule has 0 radical (unpaired) electrons. The van der Waals surface area contributed by atoms with Gasteiger partial charge in [0.05, 0.1) is 6.61 Å². The Balaban J connectivity index is 1.58. The highest BCUT2D eigenvalue weighted by molar-refractivity contribution is 7.52. The van der Waals surface area contributed by atoms with E-state index in [1.54, 1.807) is 48.5 Å². The van der Waals surface area contributed by atoms with Gasteiger partial charge in [-0.05, 0) is 51.5 Å². The molecule has 2 aromatic carbocycles. The Morgan fingerprint density at radius 3 is 2.36 bits per heavy atom. The first-order chi connectivity index (χ1) is 22.1. The van der Waals surface area contributed by atoms with Crippen molar-refractivity contribution in [3.8, 4) is 5.75 Å². The minimum atomic E-state index is -4.59. The van der Waals surface area contributed by atoms with Gasteiger partial charge in [0.15, 0.2) is 0 Å². The molecule has 1 aromatic heterocycles. The summed E-state index contributed by atoms with van der Waals surface area (Å²) < 4.78 is 78.2. The monoisotopic (exact) mass is 680 g/mol. The topological polar surface area (TPSA) is 180 Å². The zero-order valence-corrected chi connectivity index (χ0v) is 26.8. The van der Waals surface area contributed by atoms with Gasteiger partial charge in [-0.2, -0.15) is 18.9 Å². The first-order valence-electron chi connectivity index (χ1n) is 14.3. The summed E-state index contributed by atoms with van der Waals surface area (Å²) in [5.74, 6) is -5.07. The molecule has 0 saturated carbocycles. The molecule has 0 amide bonds. The number of anilines is 1. The summed E-state index contributed by atoms with van der Waals surface area (Å²) in [6.07, 6.45) is -7.13. The van der Waals surface area contributed by atoms with Crippen molar-refractivity contribution in [3.63, 3.8) is 0 Å². The quantitative estimate of drug-likeness (QED) is 0.200. The van der Waals surface area contributed by atoms with E-state index in [2.05, 4.69) is 10.1 Å². The molecule has 1 aliphatic rings. The highest BCUT2D eigenvalue weighted by Crippen LogP contribution is 2.49. The van der Waals surface area contributed by atoms with Crippen LogP contribution in [-0.2, 0) is 39.4 Å². The second-order valence-corrected chi connectivity index (χ2v) is 13.1. The summed E-state index contributed by atoms with van der Waals surface area (Å²) in [5, 5.41) is 2.45. The zero-order valence-electron chi connectivity index (χ0n) is 25.9. The van der Waals surface area contributed by atoms with E-state index < -0.39 is 68.2 Å². The van der Waals surface area contributed by atoms with Crippen LogP contribution in [-0.4, -0.2) is 58.1 Å². The summed E-state index contributed by atoms with van der Waals surface area (Å²) in [6, 6.07) is 16.3. The predicted octanol–water partition coefficient (Wildman–Crippen LogP) is 4.60. The van der Waals surface area contributed by atoms with Gasteiger partial charge in [-0.15, -0.1) is 0 Å². The van der Waals surface area contributed by atoms with Gasteiger partial charge in [0.25, 0.3) is 0 Å². The molecule has 1 saturated heterocycles. The Morgan fingerprint density at radius 2 is 1.74 bits per heavy atom. The Morgan fingerprint density at radius 1 is 1.11 bits per heavy atom. The average molecular weight is 681 g/mol. The molecule has 254 valence electrons. The number of para-hydroxylation sites is 1. The number of nitrogens with one attached hydrogen (secondary N) is 1. The predicted molar refractivity (Wildman–Crippen MR) is 162 cm³/mol. The minimum Gasteiger partial charge on any atom is -0.460 e. The second-order valence-electron chi connectivity index (χ2n) is 11.4. The first-order valence-corrected chi connectivity index (χ1v) is 15.9. The molecule has 3 unspecified atom stereocenters. The van der Waals surface area contributed by atoms with Crippen molar-refractivity contribution < 1.29 is 50.9 Å². The number of halogens is 2. The van der Waals surface area contributed by atoms with Gasteiger partial charge in [0, 0.05) is 6.20 Å². The normalized spacial score (nSPS) is 20.9. The number of hydrogen-bond acceptors (Lipinski definition) is 12. The molecule has 1 aliphatic heterocycles. The van der Waals surface area contributed by atoms with E-state index in [9.17, 15) is 18.9 Å². The fourth-order valence-electron chi connectivity index (χ4n) is 4.26. The van der Waals surface area contributed by atoms with Crippen LogP contribution in [0.5, 0.6) is 5.75 Å². The summed E-state index contributed by atoms with van der Waals surface area (Å²) in [4.78, 5) is 41.2. The lowest BCUT2D eigenvalue weighted by Gasteiger charge is -2.27. The molecule has 14 nitrogen and oxygen atoms in total. The smallest absolute Gasteiger partial charge is 0.460 e. The van der Waals surface area contributed by atoms with Crippen LogP contribution in [0.4, 0.5) is 19.4 Å². The molecule has 3 aromatic rings. The lowest BCUT2D eigenvalue weighted by atomic mass is 10.1. The maximum Gasteiger partial charge on any atom is 0.509 e. The maximum atomic E-state index is 15.9. The van der Waals surface area contributed by atoms with Crippen LogP contribution in [0.25, 0.3) is 0 Å². The summed E-state index contributed by atoms with van der Waals surface area (Å²) >= 11 is 0. The molecule has 17 heteroatoms. The Labute approximate surface area is 268 Å². The number of ether oxygens (including phenoxy) is 4. The van der Waals surface area contributed by atoms with Crippen LogP contribution in [0.2, 0.25) is 0 Å². The van der Waals surface area contributed by atoms with Gasteiger partial charge >= 0.3 is 31.5 Å². The largest absolute Gasteiger partial charge is 0.509 e. The lowest BCUT2D eigenvalue weighted by molar-refractivity contribution is -0.149. The van der Waals surface area contributed by atoms with Crippen molar-refractivity contribution in [3.05, 3.63) is 89.0 Å². The van der Waals surface area contributed by atoms with Crippen molar-refractivity contribution in [2.24, 2.45) is 0 Å². The molecule has 4 rings (SSSR count). The van der Waals surface area contributed by atoms with Crippen molar-refractivity contribution in [1.82, 2.24) is 14.6 Å². The Kier molecular flexibility index (Phi) is 11.0. The second kappa shape index (κ2) is 14.6. The molecule has 0 bridgehead atoms. The van der Waals surface area contributed by atoms with Crippen molar-refractivity contribution >= 4 is 25.7 Å². The fourth-order valence-corrected chi connectivity index (χ4v) is 5.76. The highest BCUT2D eigenvalue weighted by Gasteiger charge is 2.63. The summed E-state index contributed by atoms with van der Waals surface area (Å²) in [6.45, 7) is 4.80. The maximum absolute atomic E-state index is 15.9. The van der Waals surface area contributed by atoms with Crippen LogP contribution in [0.1, 0.15) is 39.5 Å². The molecule has 0 spiro atoms. The number of hydrogen-bond donors (Lipinski definition) is 2. The van der Waals surface area contributed by atoms with E-state index >= 15 is 8.78 Å². The molecule has 2 heterocycles. The van der Waals surface area contributed by atoms with E-state index in [0.717, 1.165) is 12.3 Å². The number of rotatable bonds is 12. The van der Waals surface area contributed by atoms with Gasteiger partial charge in [-0.25, -0.2) is 14.2 Å². The van der Waals surface area contributed by atoms with E-state index in [1.165, 1.54) is 39.8 Å². The molecule has 1 fully saturated rings. The number of nitrogens with two attached hydrogens (primary N) is 1. The number of carbonyl (C=O) groups excluding carboxylic acids is 2. The Hall–Kier alpha value is -4.37. The number of aromatic nitrogens is 2. The number of alkyl halides is 2. The van der Waals surface area contributed by atoms with Crippen LogP contribution in [0, 0.1) is 0 Å². The van der Waals surface area contributed by atoms with E-state index in [-0.39, 0.29) is 18.2 Å². The third-order valence-electron chi connectivity index (χ3n) is 6.37. The molecular formula is C30H35F2N4O10P. The fraction of sp³-hybridized carbons (Fsp3) is 0.400. The van der Waals surface area contributed by atoms with Crippen LogP contribution < -0.4 is 21.0 Å². The van der Waals surface area contributed by atoms with Gasteiger partial charge < -0.3 is 29.2 Å². The molecule has 0 aliphatic carbocycles. The van der Waals surface area contributed by atoms with Gasteiger partial charge in [0.2, 0.25) is 12.3 Å². The number of esters is 1. The number of nitrogen functional groups attached to an aromatic ring is 1. The molecule has 47 heavy (non-hydrogen) atoms. The average Bonchev–Trinajstić information content (AvgIpc) is 3.23. The number of nitrogens with zero attached hydrogens (tertiary/aromatic N) is 2.